The lowest BCUT2D eigenvalue weighted by atomic mass is 10.1. The highest BCUT2D eigenvalue weighted by molar-refractivity contribution is 5.93. The average molecular weight is 220 g/mol. The summed E-state index contributed by atoms with van der Waals surface area (Å²) < 4.78 is 5.19. The maximum atomic E-state index is 10.9. The van der Waals surface area contributed by atoms with Crippen molar-refractivity contribution in [3.05, 3.63) is 30.0 Å². The Bertz CT molecular complexity index is 533. The summed E-state index contributed by atoms with van der Waals surface area (Å²) >= 11 is 0. The van der Waals surface area contributed by atoms with Crippen LogP contribution in [0.4, 0.5) is 0 Å². The summed E-state index contributed by atoms with van der Waals surface area (Å²) in [6.07, 6.45) is 1.60. The molecule has 4 N–H and O–H groups in total. The van der Waals surface area contributed by atoms with E-state index in [4.69, 9.17) is 15.6 Å². The fourth-order valence-electron chi connectivity index (χ4n) is 1.73. The minimum atomic E-state index is -1.06. The maximum absolute atomic E-state index is 10.9. The van der Waals surface area contributed by atoms with Gasteiger partial charge in [-0.05, 0) is 12.1 Å². The Morgan fingerprint density at radius 2 is 2.31 bits per heavy atom. The SMILES string of the molecule is COc1cccc2[nH]cc(C(N)C(=O)O)c12. The molecule has 0 radical (unpaired) electrons. The quantitative estimate of drug-likeness (QED) is 0.726. The number of hydrogen-bond donors (Lipinski definition) is 3. The third kappa shape index (κ3) is 1.51. The number of carboxylic acid groups (broad SMARTS) is 1. The van der Waals surface area contributed by atoms with Gasteiger partial charge < -0.3 is 20.6 Å². The van der Waals surface area contributed by atoms with Gasteiger partial charge in [-0.15, -0.1) is 0 Å². The topological polar surface area (TPSA) is 88.3 Å². The van der Waals surface area contributed by atoms with Gasteiger partial charge >= 0.3 is 5.97 Å². The Hall–Kier alpha value is -2.01. The van der Waals surface area contributed by atoms with Crippen LogP contribution in [0.15, 0.2) is 24.4 Å². The number of aliphatic carboxylic acids is 1. The first-order chi connectivity index (χ1) is 7.65. The number of rotatable bonds is 3. The number of ether oxygens (including phenoxy) is 1. The fourth-order valence-corrected chi connectivity index (χ4v) is 1.73. The number of benzene rings is 1. The van der Waals surface area contributed by atoms with Crippen molar-refractivity contribution in [3.8, 4) is 5.75 Å². The normalized spacial score (nSPS) is 12.6. The number of hydrogen-bond acceptors (Lipinski definition) is 3. The maximum Gasteiger partial charge on any atom is 0.325 e. The van der Waals surface area contributed by atoms with Gasteiger partial charge in [-0.1, -0.05) is 6.07 Å². The van der Waals surface area contributed by atoms with Gasteiger partial charge in [0.1, 0.15) is 11.8 Å². The van der Waals surface area contributed by atoms with Crippen molar-refractivity contribution in [2.75, 3.05) is 7.11 Å². The third-order valence-corrected chi connectivity index (χ3v) is 2.52. The largest absolute Gasteiger partial charge is 0.496 e. The smallest absolute Gasteiger partial charge is 0.325 e. The molecule has 1 heterocycles. The number of nitrogens with two attached hydrogens (primary N) is 1. The lowest BCUT2D eigenvalue weighted by Gasteiger charge is -2.07. The Balaban J connectivity index is 2.67. The molecule has 0 aliphatic rings. The van der Waals surface area contributed by atoms with Gasteiger partial charge in [0.15, 0.2) is 0 Å². The molecule has 0 aliphatic carbocycles. The van der Waals surface area contributed by atoms with E-state index in [0.29, 0.717) is 11.3 Å². The number of methoxy groups -OCH3 is 1. The summed E-state index contributed by atoms with van der Waals surface area (Å²) in [7, 11) is 1.54. The molecule has 2 aromatic rings. The van der Waals surface area contributed by atoms with E-state index in [1.54, 1.807) is 12.3 Å². The lowest BCUT2D eigenvalue weighted by molar-refractivity contribution is -0.138. The molecule has 1 atom stereocenters. The van der Waals surface area contributed by atoms with Crippen molar-refractivity contribution in [1.82, 2.24) is 4.98 Å². The number of H-pyrrole nitrogens is 1. The van der Waals surface area contributed by atoms with Crippen molar-refractivity contribution in [2.45, 2.75) is 6.04 Å². The average Bonchev–Trinajstić information content (AvgIpc) is 2.71. The molecule has 0 saturated heterocycles. The van der Waals surface area contributed by atoms with E-state index < -0.39 is 12.0 Å². The van der Waals surface area contributed by atoms with E-state index in [2.05, 4.69) is 4.98 Å². The minimum Gasteiger partial charge on any atom is -0.496 e. The standard InChI is InChI=1S/C11H12N2O3/c1-16-8-4-2-3-7-9(8)6(5-13-7)10(12)11(14)15/h2-5,10,13H,12H2,1H3,(H,14,15). The monoisotopic (exact) mass is 220 g/mol. The Morgan fingerprint density at radius 3 is 2.94 bits per heavy atom. The molecule has 0 saturated carbocycles. The van der Waals surface area contributed by atoms with Gasteiger partial charge in [-0.25, -0.2) is 0 Å². The van der Waals surface area contributed by atoms with Crippen molar-refractivity contribution < 1.29 is 14.6 Å². The second kappa shape index (κ2) is 3.86. The highest BCUT2D eigenvalue weighted by Gasteiger charge is 2.20. The number of carboxylic acids is 1. The van der Waals surface area contributed by atoms with Crippen LogP contribution in [0.1, 0.15) is 11.6 Å². The van der Waals surface area contributed by atoms with Crippen molar-refractivity contribution in [1.29, 1.82) is 0 Å². The van der Waals surface area contributed by atoms with Crippen LogP contribution < -0.4 is 10.5 Å². The molecule has 84 valence electrons. The van der Waals surface area contributed by atoms with Gasteiger partial charge in [-0.2, -0.15) is 0 Å². The molecule has 1 aromatic heterocycles. The first-order valence-corrected chi connectivity index (χ1v) is 4.77. The van der Waals surface area contributed by atoms with Gasteiger partial charge in [0.25, 0.3) is 0 Å². The highest BCUT2D eigenvalue weighted by atomic mass is 16.5. The van der Waals surface area contributed by atoms with Crippen LogP contribution in [0, 0.1) is 0 Å². The zero-order valence-corrected chi connectivity index (χ0v) is 8.73. The van der Waals surface area contributed by atoms with Crippen molar-refractivity contribution >= 4 is 16.9 Å². The third-order valence-electron chi connectivity index (χ3n) is 2.52. The molecule has 1 aromatic carbocycles. The van der Waals surface area contributed by atoms with Crippen LogP contribution in [-0.4, -0.2) is 23.2 Å². The number of aromatic amines is 1. The van der Waals surface area contributed by atoms with Crippen LogP contribution in [0.25, 0.3) is 10.9 Å². The van der Waals surface area contributed by atoms with Gasteiger partial charge in [-0.3, -0.25) is 4.79 Å². The predicted octanol–water partition coefficient (Wildman–Crippen LogP) is 1.26. The summed E-state index contributed by atoms with van der Waals surface area (Å²) in [5.74, 6) is -0.447. The molecule has 16 heavy (non-hydrogen) atoms. The van der Waals surface area contributed by atoms with Crippen LogP contribution in [0.3, 0.4) is 0 Å². The highest BCUT2D eigenvalue weighted by Crippen LogP contribution is 2.31. The number of fused-ring (bicyclic) bond motifs is 1. The summed E-state index contributed by atoms with van der Waals surface area (Å²) in [6.45, 7) is 0. The molecular weight excluding hydrogens is 208 g/mol. The summed E-state index contributed by atoms with van der Waals surface area (Å²) in [6, 6.07) is 4.39. The van der Waals surface area contributed by atoms with Crippen molar-refractivity contribution in [3.63, 3.8) is 0 Å². The van der Waals surface area contributed by atoms with E-state index in [1.807, 2.05) is 12.1 Å². The molecule has 5 nitrogen and oxygen atoms in total. The molecule has 0 fully saturated rings. The Morgan fingerprint density at radius 1 is 1.56 bits per heavy atom. The summed E-state index contributed by atoms with van der Waals surface area (Å²) in [4.78, 5) is 13.8. The fraction of sp³-hybridized carbons (Fsp3) is 0.182. The summed E-state index contributed by atoms with van der Waals surface area (Å²) in [5, 5.41) is 9.62. The minimum absolute atomic E-state index is 0.528. The van der Waals surface area contributed by atoms with Crippen LogP contribution in [0.5, 0.6) is 5.75 Å². The van der Waals surface area contributed by atoms with Gasteiger partial charge in [0.05, 0.1) is 7.11 Å². The summed E-state index contributed by atoms with van der Waals surface area (Å²) in [5.41, 5.74) is 6.94. The molecule has 1 unspecified atom stereocenters. The van der Waals surface area contributed by atoms with Crippen LogP contribution in [-0.2, 0) is 4.79 Å². The zero-order chi connectivity index (χ0) is 11.7. The first-order valence-electron chi connectivity index (χ1n) is 4.77. The van der Waals surface area contributed by atoms with E-state index in [0.717, 1.165) is 10.9 Å². The van der Waals surface area contributed by atoms with Crippen molar-refractivity contribution in [2.24, 2.45) is 5.73 Å². The molecule has 0 amide bonds. The van der Waals surface area contributed by atoms with Gasteiger partial charge in [0.2, 0.25) is 0 Å². The zero-order valence-electron chi connectivity index (χ0n) is 8.73. The Kier molecular flexibility index (Phi) is 2.54. The van der Waals surface area contributed by atoms with Gasteiger partial charge in [0, 0.05) is 22.7 Å². The first kappa shape index (κ1) is 10.5. The second-order valence-corrected chi connectivity index (χ2v) is 3.44. The number of carbonyl (C=O) groups is 1. The molecule has 2 rings (SSSR count). The molecule has 0 bridgehead atoms. The molecule has 0 spiro atoms. The lowest BCUT2D eigenvalue weighted by Crippen LogP contribution is -2.20. The Labute approximate surface area is 91.8 Å². The number of aromatic nitrogens is 1. The van der Waals surface area contributed by atoms with Crippen LogP contribution in [0.2, 0.25) is 0 Å². The predicted molar refractivity (Wildman–Crippen MR) is 59.4 cm³/mol. The second-order valence-electron chi connectivity index (χ2n) is 3.44. The van der Waals surface area contributed by atoms with E-state index >= 15 is 0 Å². The van der Waals surface area contributed by atoms with E-state index in [-0.39, 0.29) is 0 Å². The molecular formula is C11H12N2O3. The molecule has 0 aliphatic heterocycles. The van der Waals surface area contributed by atoms with Crippen LogP contribution >= 0.6 is 0 Å². The molecule has 5 heteroatoms. The van der Waals surface area contributed by atoms with E-state index in [9.17, 15) is 4.79 Å². The van der Waals surface area contributed by atoms with E-state index in [1.165, 1.54) is 7.11 Å². The number of nitrogens with one attached hydrogen (secondary N) is 1.